The standard InChI is InChI=1S/C23H17BrN6O2/c24-16-6-8-19(9-7-16)32-23-20(4-3-10-25-23)22(31)28-17-12-26-30(14-17)15-18-13-29-11-2-1-5-21(29)27-18/h1-14H,15H2,(H,28,31). The fourth-order valence-electron chi connectivity index (χ4n) is 3.20. The van der Waals surface area contributed by atoms with Crippen LogP contribution in [0.15, 0.2) is 90.1 Å². The molecule has 1 N–H and O–H groups in total. The Bertz CT molecular complexity index is 1360. The molecule has 0 unspecified atom stereocenters. The van der Waals surface area contributed by atoms with E-state index in [1.807, 2.05) is 47.1 Å². The molecule has 0 aliphatic heterocycles. The number of ether oxygens (including phenoxy) is 1. The molecule has 0 bridgehead atoms. The number of fused-ring (bicyclic) bond motifs is 1. The molecule has 1 aromatic carbocycles. The lowest BCUT2D eigenvalue weighted by atomic mass is 10.2. The largest absolute Gasteiger partial charge is 0.438 e. The van der Waals surface area contributed by atoms with Crippen LogP contribution in [-0.2, 0) is 6.54 Å². The zero-order chi connectivity index (χ0) is 21.9. The summed E-state index contributed by atoms with van der Waals surface area (Å²) in [5.41, 5.74) is 2.63. The first-order valence-corrected chi connectivity index (χ1v) is 10.6. The zero-order valence-corrected chi connectivity index (χ0v) is 18.3. The number of carbonyl (C=O) groups is 1. The number of rotatable bonds is 6. The second-order valence-electron chi connectivity index (χ2n) is 6.99. The Morgan fingerprint density at radius 1 is 1.06 bits per heavy atom. The van der Waals surface area contributed by atoms with Crippen LogP contribution in [0, 0.1) is 0 Å². The Kier molecular flexibility index (Phi) is 5.39. The molecule has 0 aliphatic rings. The number of hydrogen-bond donors (Lipinski definition) is 1. The predicted molar refractivity (Wildman–Crippen MR) is 123 cm³/mol. The smallest absolute Gasteiger partial charge is 0.261 e. The van der Waals surface area contributed by atoms with Crippen molar-refractivity contribution >= 4 is 33.2 Å². The fourth-order valence-corrected chi connectivity index (χ4v) is 3.47. The molecule has 8 nitrogen and oxygen atoms in total. The van der Waals surface area contributed by atoms with Crippen molar-refractivity contribution in [1.29, 1.82) is 0 Å². The van der Waals surface area contributed by atoms with Crippen LogP contribution in [-0.4, -0.2) is 30.1 Å². The first-order valence-electron chi connectivity index (χ1n) is 9.79. The molecule has 0 atom stereocenters. The molecule has 5 aromatic rings. The van der Waals surface area contributed by atoms with Crippen molar-refractivity contribution in [2.24, 2.45) is 0 Å². The van der Waals surface area contributed by atoms with Crippen LogP contribution in [0.2, 0.25) is 0 Å². The van der Waals surface area contributed by atoms with Crippen LogP contribution in [0.4, 0.5) is 5.69 Å². The molecule has 0 saturated carbocycles. The summed E-state index contributed by atoms with van der Waals surface area (Å²) in [6.07, 6.45) is 8.84. The maximum Gasteiger partial charge on any atom is 0.261 e. The number of aromatic nitrogens is 5. The lowest BCUT2D eigenvalue weighted by Crippen LogP contribution is -2.13. The van der Waals surface area contributed by atoms with E-state index in [1.165, 1.54) is 0 Å². The minimum Gasteiger partial charge on any atom is -0.438 e. The number of carbonyl (C=O) groups excluding carboxylic acids is 1. The molecule has 0 spiro atoms. The number of halogens is 1. The fraction of sp³-hybridized carbons (Fsp3) is 0.0435. The van der Waals surface area contributed by atoms with E-state index in [9.17, 15) is 4.79 Å². The molecule has 5 rings (SSSR count). The molecule has 0 saturated heterocycles. The lowest BCUT2D eigenvalue weighted by molar-refractivity contribution is 0.102. The molecule has 0 fully saturated rings. The van der Waals surface area contributed by atoms with Crippen molar-refractivity contribution < 1.29 is 9.53 Å². The van der Waals surface area contributed by atoms with Gasteiger partial charge in [0.15, 0.2) is 0 Å². The van der Waals surface area contributed by atoms with Crippen molar-refractivity contribution in [1.82, 2.24) is 24.1 Å². The quantitative estimate of drug-likeness (QED) is 0.371. The van der Waals surface area contributed by atoms with Gasteiger partial charge in [-0.25, -0.2) is 9.97 Å². The molecule has 158 valence electrons. The van der Waals surface area contributed by atoms with Gasteiger partial charge in [-0.05, 0) is 48.5 Å². The Hall–Kier alpha value is -3.98. The highest BCUT2D eigenvalue weighted by molar-refractivity contribution is 9.10. The summed E-state index contributed by atoms with van der Waals surface area (Å²) in [6.45, 7) is 0.488. The van der Waals surface area contributed by atoms with Gasteiger partial charge in [0.1, 0.15) is 17.0 Å². The van der Waals surface area contributed by atoms with Gasteiger partial charge in [-0.2, -0.15) is 5.10 Å². The molecular weight excluding hydrogens is 472 g/mol. The number of benzene rings is 1. The number of nitrogens with one attached hydrogen (secondary N) is 1. The van der Waals surface area contributed by atoms with Crippen molar-refractivity contribution in [2.45, 2.75) is 6.54 Å². The highest BCUT2D eigenvalue weighted by Crippen LogP contribution is 2.25. The average Bonchev–Trinajstić information content (AvgIpc) is 3.42. The third kappa shape index (κ3) is 4.37. The second kappa shape index (κ2) is 8.64. The van der Waals surface area contributed by atoms with Crippen LogP contribution < -0.4 is 10.1 Å². The van der Waals surface area contributed by atoms with E-state index in [-0.39, 0.29) is 11.8 Å². The van der Waals surface area contributed by atoms with Crippen LogP contribution in [0.3, 0.4) is 0 Å². The van der Waals surface area contributed by atoms with Gasteiger partial charge in [0.2, 0.25) is 5.88 Å². The van der Waals surface area contributed by atoms with Crippen molar-refractivity contribution in [2.75, 3.05) is 5.32 Å². The van der Waals surface area contributed by atoms with Gasteiger partial charge in [0.25, 0.3) is 5.91 Å². The van der Waals surface area contributed by atoms with E-state index in [0.29, 0.717) is 23.5 Å². The zero-order valence-electron chi connectivity index (χ0n) is 16.7. The Balaban J connectivity index is 1.29. The Morgan fingerprint density at radius 3 is 2.78 bits per heavy atom. The van der Waals surface area contributed by atoms with E-state index in [2.05, 4.69) is 36.3 Å². The number of anilines is 1. The Labute approximate surface area is 191 Å². The maximum absolute atomic E-state index is 12.9. The molecule has 4 heterocycles. The van der Waals surface area contributed by atoms with Gasteiger partial charge in [0.05, 0.1) is 24.1 Å². The SMILES string of the molecule is O=C(Nc1cnn(Cc2cn3ccccc3n2)c1)c1cccnc1Oc1ccc(Br)cc1. The first-order chi connectivity index (χ1) is 15.6. The number of imidazole rings is 1. The highest BCUT2D eigenvalue weighted by Gasteiger charge is 2.15. The van der Waals surface area contributed by atoms with Gasteiger partial charge in [-0.15, -0.1) is 0 Å². The molecule has 1 amide bonds. The summed E-state index contributed by atoms with van der Waals surface area (Å²) < 4.78 is 10.4. The third-order valence-electron chi connectivity index (χ3n) is 4.67. The van der Waals surface area contributed by atoms with Crippen LogP contribution in [0.5, 0.6) is 11.6 Å². The van der Waals surface area contributed by atoms with E-state index < -0.39 is 0 Å². The van der Waals surface area contributed by atoms with Crippen molar-refractivity contribution in [3.8, 4) is 11.6 Å². The summed E-state index contributed by atoms with van der Waals surface area (Å²) in [5, 5.41) is 7.18. The van der Waals surface area contributed by atoms with Gasteiger partial charge >= 0.3 is 0 Å². The van der Waals surface area contributed by atoms with E-state index >= 15 is 0 Å². The third-order valence-corrected chi connectivity index (χ3v) is 5.20. The second-order valence-corrected chi connectivity index (χ2v) is 7.91. The summed E-state index contributed by atoms with van der Waals surface area (Å²) >= 11 is 3.39. The van der Waals surface area contributed by atoms with Gasteiger partial charge in [0, 0.05) is 29.3 Å². The molecule has 4 aromatic heterocycles. The Morgan fingerprint density at radius 2 is 1.94 bits per heavy atom. The number of hydrogen-bond acceptors (Lipinski definition) is 5. The van der Waals surface area contributed by atoms with Gasteiger partial charge in [-0.3, -0.25) is 9.48 Å². The molecule has 9 heteroatoms. The number of amides is 1. The van der Waals surface area contributed by atoms with Gasteiger partial charge in [-0.1, -0.05) is 22.0 Å². The summed E-state index contributed by atoms with van der Waals surface area (Å²) in [7, 11) is 0. The van der Waals surface area contributed by atoms with Crippen molar-refractivity contribution in [3.63, 3.8) is 0 Å². The first kappa shape index (κ1) is 20.0. The number of pyridine rings is 2. The molecule has 0 radical (unpaired) electrons. The minimum absolute atomic E-state index is 0.226. The van der Waals surface area contributed by atoms with E-state index in [1.54, 1.807) is 47.5 Å². The maximum atomic E-state index is 12.9. The molecule has 32 heavy (non-hydrogen) atoms. The predicted octanol–water partition coefficient (Wildman–Crippen LogP) is 4.78. The normalized spacial score (nSPS) is 10.9. The molecule has 0 aliphatic carbocycles. The summed E-state index contributed by atoms with van der Waals surface area (Å²) in [5.74, 6) is 0.475. The lowest BCUT2D eigenvalue weighted by Gasteiger charge is -2.09. The number of nitrogens with zero attached hydrogens (tertiary/aromatic N) is 5. The van der Waals surface area contributed by atoms with Crippen LogP contribution in [0.25, 0.3) is 5.65 Å². The van der Waals surface area contributed by atoms with Crippen LogP contribution in [0.1, 0.15) is 16.1 Å². The van der Waals surface area contributed by atoms with Crippen LogP contribution >= 0.6 is 15.9 Å². The summed E-state index contributed by atoms with van der Waals surface area (Å²) in [6, 6.07) is 16.5. The highest BCUT2D eigenvalue weighted by atomic mass is 79.9. The summed E-state index contributed by atoms with van der Waals surface area (Å²) in [4.78, 5) is 21.7. The van der Waals surface area contributed by atoms with E-state index in [4.69, 9.17) is 4.74 Å². The monoisotopic (exact) mass is 488 g/mol. The topological polar surface area (TPSA) is 86.3 Å². The van der Waals surface area contributed by atoms with E-state index in [0.717, 1.165) is 15.8 Å². The van der Waals surface area contributed by atoms with Crippen molar-refractivity contribution in [3.05, 3.63) is 101 Å². The minimum atomic E-state index is -0.336. The molecular formula is C23H17BrN6O2. The van der Waals surface area contributed by atoms with Gasteiger partial charge < -0.3 is 14.5 Å². The average molecular weight is 489 g/mol.